The van der Waals surface area contributed by atoms with Gasteiger partial charge in [0, 0.05) is 11.6 Å². The van der Waals surface area contributed by atoms with Crippen molar-refractivity contribution in [2.24, 2.45) is 5.92 Å². The third kappa shape index (κ3) is 5.47. The molecule has 0 radical (unpaired) electrons. The summed E-state index contributed by atoms with van der Waals surface area (Å²) < 4.78 is 39.1. The number of rotatable bonds is 5. The van der Waals surface area contributed by atoms with E-state index in [-0.39, 0.29) is 12.1 Å². The molecule has 1 aliphatic heterocycles. The molecule has 31 heavy (non-hydrogen) atoms. The van der Waals surface area contributed by atoms with Crippen LogP contribution in [0.15, 0.2) is 42.1 Å². The number of amides is 2. The molecule has 1 aromatic carbocycles. The maximum absolute atomic E-state index is 13.0. The minimum Gasteiger partial charge on any atom is -0.332 e. The summed E-state index contributed by atoms with van der Waals surface area (Å²) in [7, 11) is 0. The predicted octanol–water partition coefficient (Wildman–Crippen LogP) is 3.00. The van der Waals surface area contributed by atoms with E-state index in [2.05, 4.69) is 10.6 Å². The van der Waals surface area contributed by atoms with Gasteiger partial charge in [0.15, 0.2) is 11.9 Å². The molecule has 0 spiro atoms. The number of fused-ring (bicyclic) bond motifs is 1. The molecule has 166 valence electrons. The van der Waals surface area contributed by atoms with E-state index in [1.165, 1.54) is 18.2 Å². The molecule has 11 heteroatoms. The van der Waals surface area contributed by atoms with Crippen LogP contribution in [0.3, 0.4) is 0 Å². The van der Waals surface area contributed by atoms with Crippen molar-refractivity contribution >= 4 is 40.8 Å². The Hall–Kier alpha value is -2.36. The van der Waals surface area contributed by atoms with Gasteiger partial charge >= 0.3 is 6.18 Å². The fourth-order valence-corrected chi connectivity index (χ4v) is 3.68. The van der Waals surface area contributed by atoms with Gasteiger partial charge in [-0.25, -0.2) is 0 Å². The summed E-state index contributed by atoms with van der Waals surface area (Å²) in [5.74, 6) is -2.73. The first-order valence-electron chi connectivity index (χ1n) is 9.27. The standard InChI is InChI=1S/C20H18Cl2F3N3O3/c1-10(7-11-5-6-12(21)13(22)8-11)18(30)27-17-19(31)28(9-20(23,24)25)14-3-2-4-15(29)16(14)26-17/h2-6,8,10,16-17,26H,7,9H2,1H3,(H,27,30)/t10-,16?,17?/m0/s1. The summed E-state index contributed by atoms with van der Waals surface area (Å²) >= 11 is 11.8. The Morgan fingerprint density at radius 1 is 1.26 bits per heavy atom. The van der Waals surface area contributed by atoms with Crippen LogP contribution in [0.1, 0.15) is 12.5 Å². The van der Waals surface area contributed by atoms with Crippen molar-refractivity contribution in [3.63, 3.8) is 0 Å². The summed E-state index contributed by atoms with van der Waals surface area (Å²) in [5, 5.41) is 5.73. The Morgan fingerprint density at radius 2 is 1.97 bits per heavy atom. The number of halogens is 5. The lowest BCUT2D eigenvalue weighted by atomic mass is 9.97. The van der Waals surface area contributed by atoms with Gasteiger partial charge in [-0.3, -0.25) is 19.7 Å². The van der Waals surface area contributed by atoms with E-state index < -0.39 is 48.4 Å². The Kier molecular flexibility index (Phi) is 6.78. The highest BCUT2D eigenvalue weighted by Gasteiger charge is 2.45. The van der Waals surface area contributed by atoms with Gasteiger partial charge in [0.25, 0.3) is 5.91 Å². The Balaban J connectivity index is 1.75. The molecule has 1 aromatic rings. The maximum atomic E-state index is 13.0. The van der Waals surface area contributed by atoms with Crippen molar-refractivity contribution in [3.8, 4) is 0 Å². The fraction of sp³-hybridized carbons (Fsp3) is 0.350. The largest absolute Gasteiger partial charge is 0.406 e. The molecule has 2 unspecified atom stereocenters. The second kappa shape index (κ2) is 9.02. The van der Waals surface area contributed by atoms with E-state index in [0.29, 0.717) is 14.9 Å². The molecule has 1 heterocycles. The van der Waals surface area contributed by atoms with Crippen molar-refractivity contribution in [1.82, 2.24) is 15.5 Å². The molecule has 1 aliphatic carbocycles. The van der Waals surface area contributed by atoms with Crippen molar-refractivity contribution in [2.45, 2.75) is 31.7 Å². The number of carbonyl (C=O) groups excluding carboxylic acids is 3. The quantitative estimate of drug-likeness (QED) is 0.685. The van der Waals surface area contributed by atoms with E-state index in [1.807, 2.05) is 0 Å². The Labute approximate surface area is 186 Å². The van der Waals surface area contributed by atoms with Crippen LogP contribution in [0.2, 0.25) is 10.0 Å². The summed E-state index contributed by atoms with van der Waals surface area (Å²) in [5.41, 5.74) is 0.612. The van der Waals surface area contributed by atoms with Gasteiger partial charge in [-0.1, -0.05) is 42.3 Å². The van der Waals surface area contributed by atoms with Gasteiger partial charge in [0.05, 0.1) is 10.0 Å². The van der Waals surface area contributed by atoms with Crippen LogP contribution < -0.4 is 10.6 Å². The second-order valence-electron chi connectivity index (χ2n) is 7.29. The Bertz CT molecular complexity index is 978. The third-order valence-electron chi connectivity index (χ3n) is 4.86. The van der Waals surface area contributed by atoms with Gasteiger partial charge in [0.2, 0.25) is 5.91 Å². The number of alkyl halides is 3. The normalized spacial score (nSPS) is 22.1. The van der Waals surface area contributed by atoms with Gasteiger partial charge in [0.1, 0.15) is 12.6 Å². The van der Waals surface area contributed by atoms with E-state index in [1.54, 1.807) is 25.1 Å². The summed E-state index contributed by atoms with van der Waals surface area (Å²) in [6, 6.07) is 3.71. The third-order valence-corrected chi connectivity index (χ3v) is 5.60. The number of hydrogen-bond donors (Lipinski definition) is 2. The van der Waals surface area contributed by atoms with Crippen molar-refractivity contribution in [3.05, 3.63) is 57.7 Å². The van der Waals surface area contributed by atoms with E-state index in [0.717, 1.165) is 5.56 Å². The van der Waals surface area contributed by atoms with Crippen molar-refractivity contribution in [1.29, 1.82) is 0 Å². The van der Waals surface area contributed by atoms with Crippen LogP contribution in [0, 0.1) is 5.92 Å². The first-order chi connectivity index (χ1) is 14.5. The van der Waals surface area contributed by atoms with Crippen LogP contribution >= 0.6 is 23.2 Å². The smallest absolute Gasteiger partial charge is 0.332 e. The van der Waals surface area contributed by atoms with Gasteiger partial charge in [-0.15, -0.1) is 0 Å². The molecule has 0 aromatic heterocycles. The van der Waals surface area contributed by atoms with E-state index in [4.69, 9.17) is 23.2 Å². The highest BCUT2D eigenvalue weighted by atomic mass is 35.5. The number of hydrogen-bond acceptors (Lipinski definition) is 4. The number of piperazine rings is 1. The van der Waals surface area contributed by atoms with Gasteiger partial charge < -0.3 is 10.2 Å². The molecule has 2 N–H and O–H groups in total. The highest BCUT2D eigenvalue weighted by Crippen LogP contribution is 2.27. The van der Waals surface area contributed by atoms with Gasteiger partial charge in [-0.05, 0) is 36.3 Å². The number of carbonyl (C=O) groups is 3. The Morgan fingerprint density at radius 3 is 2.61 bits per heavy atom. The molecular weight excluding hydrogens is 458 g/mol. The number of nitrogens with one attached hydrogen (secondary N) is 2. The molecule has 1 saturated heterocycles. The zero-order chi connectivity index (χ0) is 22.9. The molecule has 0 saturated carbocycles. The van der Waals surface area contributed by atoms with Crippen LogP contribution in [0.25, 0.3) is 0 Å². The van der Waals surface area contributed by atoms with Crippen molar-refractivity contribution in [2.75, 3.05) is 6.54 Å². The number of ketones is 1. The maximum Gasteiger partial charge on any atom is 0.406 e. The lowest BCUT2D eigenvalue weighted by Gasteiger charge is -2.40. The molecule has 3 rings (SSSR count). The monoisotopic (exact) mass is 475 g/mol. The highest BCUT2D eigenvalue weighted by molar-refractivity contribution is 6.42. The van der Waals surface area contributed by atoms with Crippen LogP contribution in [-0.2, 0) is 20.8 Å². The number of benzene rings is 1. The van der Waals surface area contributed by atoms with Crippen LogP contribution in [0.4, 0.5) is 13.2 Å². The minimum absolute atomic E-state index is 0.107. The van der Waals surface area contributed by atoms with Crippen LogP contribution in [0.5, 0.6) is 0 Å². The summed E-state index contributed by atoms with van der Waals surface area (Å²) in [6.45, 7) is 0.0284. The minimum atomic E-state index is -4.68. The molecule has 1 fully saturated rings. The summed E-state index contributed by atoms with van der Waals surface area (Å²) in [4.78, 5) is 38.0. The second-order valence-corrected chi connectivity index (χ2v) is 8.10. The summed E-state index contributed by atoms with van der Waals surface area (Å²) in [6.07, 6.45) is -2.17. The fourth-order valence-electron chi connectivity index (χ4n) is 3.36. The zero-order valence-electron chi connectivity index (χ0n) is 16.2. The lowest BCUT2D eigenvalue weighted by Crippen LogP contribution is -2.67. The first kappa shape index (κ1) is 23.3. The van der Waals surface area contributed by atoms with Crippen LogP contribution in [-0.4, -0.2) is 47.4 Å². The predicted molar refractivity (Wildman–Crippen MR) is 108 cm³/mol. The van der Waals surface area contributed by atoms with Crippen molar-refractivity contribution < 1.29 is 27.6 Å². The number of allylic oxidation sites excluding steroid dienone is 2. The molecule has 2 amide bonds. The average molecular weight is 476 g/mol. The molecule has 3 atom stereocenters. The lowest BCUT2D eigenvalue weighted by molar-refractivity contribution is -0.163. The topological polar surface area (TPSA) is 78.5 Å². The zero-order valence-corrected chi connectivity index (χ0v) is 17.7. The van der Waals surface area contributed by atoms with E-state index >= 15 is 0 Å². The van der Waals surface area contributed by atoms with E-state index in [9.17, 15) is 27.6 Å². The molecular formula is C20H18Cl2F3N3O3. The SMILES string of the molecule is C[C@@H](Cc1ccc(Cl)c(Cl)c1)C(=O)NC1NC2C(=O)C=CC=C2N(CC(F)(F)F)C1=O. The van der Waals surface area contributed by atoms with Gasteiger partial charge in [-0.2, -0.15) is 13.2 Å². The molecule has 6 nitrogen and oxygen atoms in total. The molecule has 2 aliphatic rings. The average Bonchev–Trinajstić information content (AvgIpc) is 2.67. The molecule has 0 bridgehead atoms. The number of nitrogens with zero attached hydrogens (tertiary/aromatic N) is 1. The first-order valence-corrected chi connectivity index (χ1v) is 10.0.